The van der Waals surface area contributed by atoms with Crippen LogP contribution in [0.3, 0.4) is 0 Å². The fraction of sp³-hybridized carbons (Fsp3) is 0.550. The average molecular weight is 442 g/mol. The Hall–Kier alpha value is -1.83. The van der Waals surface area contributed by atoms with E-state index in [2.05, 4.69) is 5.32 Å². The summed E-state index contributed by atoms with van der Waals surface area (Å²) in [6.07, 6.45) is 2.74. The Bertz CT molecular complexity index is 781. The first kappa shape index (κ1) is 21.9. The van der Waals surface area contributed by atoms with E-state index in [1.807, 2.05) is 4.90 Å². The van der Waals surface area contributed by atoms with Gasteiger partial charge in [-0.1, -0.05) is 23.2 Å². The third-order valence-electron chi connectivity index (χ3n) is 5.57. The smallest absolute Gasteiger partial charge is 0.308 e. The van der Waals surface area contributed by atoms with Crippen LogP contribution in [0.1, 0.15) is 25.7 Å². The molecule has 2 heterocycles. The molecule has 0 bridgehead atoms. The Balaban J connectivity index is 1.55. The van der Waals surface area contributed by atoms with Gasteiger partial charge in [0.1, 0.15) is 0 Å². The summed E-state index contributed by atoms with van der Waals surface area (Å²) in [6.45, 7) is 1.93. The van der Waals surface area contributed by atoms with Gasteiger partial charge in [-0.05, 0) is 50.4 Å². The molecular weight excluding hydrogens is 417 g/mol. The third-order valence-corrected chi connectivity index (χ3v) is 6.14. The van der Waals surface area contributed by atoms with Crippen LogP contribution < -0.4 is 5.32 Å². The Kier molecular flexibility index (Phi) is 7.38. The molecule has 1 atom stereocenters. The van der Waals surface area contributed by atoms with Gasteiger partial charge in [0.15, 0.2) is 0 Å². The lowest BCUT2D eigenvalue weighted by Gasteiger charge is -2.32. The largest absolute Gasteiger partial charge is 0.469 e. The second-order valence-electron chi connectivity index (χ2n) is 7.42. The van der Waals surface area contributed by atoms with E-state index in [4.69, 9.17) is 27.9 Å². The van der Waals surface area contributed by atoms with Crippen molar-refractivity contribution in [1.29, 1.82) is 0 Å². The number of hydrogen-bond acceptors (Lipinski definition) is 5. The molecule has 7 nitrogen and oxygen atoms in total. The Morgan fingerprint density at radius 1 is 1.14 bits per heavy atom. The number of halogens is 2. The predicted octanol–water partition coefficient (Wildman–Crippen LogP) is 2.81. The Morgan fingerprint density at radius 3 is 2.55 bits per heavy atom. The number of piperidine rings is 1. The van der Waals surface area contributed by atoms with Gasteiger partial charge in [0.05, 0.1) is 36.3 Å². The Morgan fingerprint density at radius 2 is 1.86 bits per heavy atom. The van der Waals surface area contributed by atoms with E-state index in [-0.39, 0.29) is 36.3 Å². The van der Waals surface area contributed by atoms with E-state index >= 15 is 0 Å². The highest BCUT2D eigenvalue weighted by Crippen LogP contribution is 2.27. The number of hydrogen-bond donors (Lipinski definition) is 1. The van der Waals surface area contributed by atoms with E-state index in [1.165, 1.54) is 7.11 Å². The number of amides is 2. The first-order valence-electron chi connectivity index (χ1n) is 9.74. The van der Waals surface area contributed by atoms with Gasteiger partial charge >= 0.3 is 5.97 Å². The molecule has 1 N–H and O–H groups in total. The molecule has 3 rings (SSSR count). The molecule has 2 aliphatic heterocycles. The molecule has 2 aliphatic rings. The maximum Gasteiger partial charge on any atom is 0.308 e. The van der Waals surface area contributed by atoms with Crippen LogP contribution in [0, 0.1) is 5.92 Å². The number of benzene rings is 1. The predicted molar refractivity (Wildman–Crippen MR) is 111 cm³/mol. The van der Waals surface area contributed by atoms with Crippen molar-refractivity contribution in [1.82, 2.24) is 9.80 Å². The topological polar surface area (TPSA) is 79.0 Å². The van der Waals surface area contributed by atoms with Gasteiger partial charge in [-0.15, -0.1) is 0 Å². The van der Waals surface area contributed by atoms with Crippen molar-refractivity contribution in [3.05, 3.63) is 28.2 Å². The van der Waals surface area contributed by atoms with Crippen molar-refractivity contribution < 1.29 is 19.1 Å². The molecule has 9 heteroatoms. The summed E-state index contributed by atoms with van der Waals surface area (Å²) >= 11 is 12.1. The van der Waals surface area contributed by atoms with Crippen molar-refractivity contribution in [3.8, 4) is 0 Å². The number of rotatable bonds is 5. The fourth-order valence-electron chi connectivity index (χ4n) is 3.93. The number of carbonyl (C=O) groups excluding carboxylic acids is 3. The summed E-state index contributed by atoms with van der Waals surface area (Å²) in [7, 11) is 1.38. The van der Waals surface area contributed by atoms with Crippen molar-refractivity contribution >= 4 is 46.7 Å². The molecular formula is C20H25Cl2N3O4. The number of methoxy groups -OCH3 is 1. The van der Waals surface area contributed by atoms with Crippen molar-refractivity contribution in [3.63, 3.8) is 0 Å². The van der Waals surface area contributed by atoms with Gasteiger partial charge in [0, 0.05) is 18.1 Å². The SMILES string of the molecule is COC(=O)C1CCN(C(=O)CN2CCCC2C(=O)Nc2cc(Cl)ccc2Cl)CC1. The van der Waals surface area contributed by atoms with E-state index < -0.39 is 0 Å². The van der Waals surface area contributed by atoms with Gasteiger partial charge in [0.2, 0.25) is 11.8 Å². The second kappa shape index (κ2) is 9.78. The molecule has 2 amide bonds. The molecule has 0 spiro atoms. The van der Waals surface area contributed by atoms with Crippen molar-refractivity contribution in [2.45, 2.75) is 31.7 Å². The number of nitrogens with one attached hydrogen (secondary N) is 1. The highest BCUT2D eigenvalue weighted by Gasteiger charge is 2.34. The van der Waals surface area contributed by atoms with Gasteiger partial charge < -0.3 is 15.0 Å². The zero-order valence-corrected chi connectivity index (χ0v) is 17.8. The van der Waals surface area contributed by atoms with E-state index in [0.29, 0.717) is 54.6 Å². The number of nitrogens with zero attached hydrogens (tertiary/aromatic N) is 2. The molecule has 29 heavy (non-hydrogen) atoms. The molecule has 0 radical (unpaired) electrons. The van der Waals surface area contributed by atoms with Crippen LogP contribution in [0.5, 0.6) is 0 Å². The lowest BCUT2D eigenvalue weighted by atomic mass is 9.97. The van der Waals surface area contributed by atoms with Gasteiger partial charge in [-0.2, -0.15) is 0 Å². The van der Waals surface area contributed by atoms with Crippen LogP contribution >= 0.6 is 23.2 Å². The number of carbonyl (C=O) groups is 3. The summed E-state index contributed by atoms with van der Waals surface area (Å²) in [5, 5.41) is 3.73. The lowest BCUT2D eigenvalue weighted by molar-refractivity contribution is -0.149. The fourth-order valence-corrected chi connectivity index (χ4v) is 4.26. The summed E-state index contributed by atoms with van der Waals surface area (Å²) in [5.74, 6) is -0.567. The average Bonchev–Trinajstić information content (AvgIpc) is 3.18. The molecule has 0 saturated carbocycles. The zero-order valence-electron chi connectivity index (χ0n) is 16.3. The van der Waals surface area contributed by atoms with Crippen LogP contribution in [0.2, 0.25) is 10.0 Å². The summed E-state index contributed by atoms with van der Waals surface area (Å²) in [6, 6.07) is 4.51. The normalized spacial score (nSPS) is 20.5. The first-order valence-corrected chi connectivity index (χ1v) is 10.5. The van der Waals surface area contributed by atoms with Gasteiger partial charge in [-0.25, -0.2) is 0 Å². The molecule has 1 unspecified atom stereocenters. The molecule has 0 aliphatic carbocycles. The monoisotopic (exact) mass is 441 g/mol. The van der Waals surface area contributed by atoms with Gasteiger partial charge in [0.25, 0.3) is 0 Å². The zero-order chi connectivity index (χ0) is 21.0. The minimum absolute atomic E-state index is 0.0196. The summed E-state index contributed by atoms with van der Waals surface area (Å²) < 4.78 is 4.79. The van der Waals surface area contributed by atoms with Crippen molar-refractivity contribution in [2.24, 2.45) is 5.92 Å². The molecule has 2 saturated heterocycles. The highest BCUT2D eigenvalue weighted by molar-refractivity contribution is 6.35. The molecule has 158 valence electrons. The minimum Gasteiger partial charge on any atom is -0.469 e. The number of esters is 1. The quantitative estimate of drug-likeness (QED) is 0.710. The van der Waals surface area contributed by atoms with Crippen LogP contribution in [-0.2, 0) is 19.1 Å². The summed E-state index contributed by atoms with van der Waals surface area (Å²) in [5.41, 5.74) is 0.465. The maximum absolute atomic E-state index is 12.8. The maximum atomic E-state index is 12.8. The molecule has 1 aromatic carbocycles. The van der Waals surface area contributed by atoms with E-state index in [0.717, 1.165) is 6.42 Å². The first-order chi connectivity index (χ1) is 13.9. The minimum atomic E-state index is -0.387. The summed E-state index contributed by atoms with van der Waals surface area (Å²) in [4.78, 5) is 40.8. The number of likely N-dealkylation sites (tertiary alicyclic amines) is 2. The van der Waals surface area contributed by atoms with Crippen LogP contribution in [0.25, 0.3) is 0 Å². The molecule has 2 fully saturated rings. The van der Waals surface area contributed by atoms with E-state index in [1.54, 1.807) is 23.1 Å². The van der Waals surface area contributed by atoms with Crippen LogP contribution in [-0.4, -0.2) is 66.9 Å². The molecule has 0 aromatic heterocycles. The standard InChI is InChI=1S/C20H25Cl2N3O4/c1-29-20(28)13-6-9-24(10-7-13)18(26)12-25-8-2-3-17(25)19(27)23-16-11-14(21)4-5-15(16)22/h4-5,11,13,17H,2-3,6-10,12H2,1H3,(H,23,27). The third kappa shape index (κ3) is 5.41. The van der Waals surface area contributed by atoms with Crippen LogP contribution in [0.15, 0.2) is 18.2 Å². The van der Waals surface area contributed by atoms with Gasteiger partial charge in [-0.3, -0.25) is 19.3 Å². The van der Waals surface area contributed by atoms with Crippen molar-refractivity contribution in [2.75, 3.05) is 38.6 Å². The Labute approximate surface area is 180 Å². The molecule has 1 aromatic rings. The number of ether oxygens (including phenoxy) is 1. The highest BCUT2D eigenvalue weighted by atomic mass is 35.5. The lowest BCUT2D eigenvalue weighted by Crippen LogP contribution is -2.48. The van der Waals surface area contributed by atoms with Crippen LogP contribution in [0.4, 0.5) is 5.69 Å². The van der Waals surface area contributed by atoms with E-state index in [9.17, 15) is 14.4 Å². The number of anilines is 1. The second-order valence-corrected chi connectivity index (χ2v) is 8.26.